The minimum atomic E-state index is 0.228. The van der Waals surface area contributed by atoms with Gasteiger partial charge in [-0.15, -0.1) is 0 Å². The summed E-state index contributed by atoms with van der Waals surface area (Å²) >= 11 is 0. The summed E-state index contributed by atoms with van der Waals surface area (Å²) in [6, 6.07) is 0. The van der Waals surface area contributed by atoms with Crippen LogP contribution in [0.5, 0.6) is 0 Å². The maximum Gasteiger partial charge on any atom is 0.0933 e. The van der Waals surface area contributed by atoms with E-state index in [0.29, 0.717) is 5.41 Å². The van der Waals surface area contributed by atoms with Crippen LogP contribution in [0, 0.1) is 29.1 Å². The van der Waals surface area contributed by atoms with Crippen LogP contribution in [0.2, 0.25) is 0 Å². The Morgan fingerprint density at radius 2 is 1.78 bits per heavy atom. The molecule has 0 aromatic heterocycles. The van der Waals surface area contributed by atoms with E-state index in [-0.39, 0.29) is 5.60 Å². The molecule has 3 atom stereocenters. The van der Waals surface area contributed by atoms with Crippen molar-refractivity contribution >= 4 is 0 Å². The average molecular weight is 322 g/mol. The summed E-state index contributed by atoms with van der Waals surface area (Å²) in [6.45, 7) is 10.2. The Kier molecular flexibility index (Phi) is 4.49. The second-order valence-electron chi connectivity index (χ2n) is 9.42. The minimum Gasteiger partial charge on any atom is -0.381 e. The summed E-state index contributed by atoms with van der Waals surface area (Å²) in [5.41, 5.74) is 0.817. The quantitative estimate of drug-likeness (QED) is 0.839. The second-order valence-corrected chi connectivity index (χ2v) is 9.42. The molecule has 3 heterocycles. The van der Waals surface area contributed by atoms with Gasteiger partial charge in [-0.25, -0.2) is 0 Å². The standard InChI is InChI=1S/C20H35NO2/c1-15(17-8-19(9-17)6-3-7-22-14-19)4-5-16(2)18-10-20(23-11-18)12-21-13-20/h15-18,21H,3-14H2,1-2H3. The van der Waals surface area contributed by atoms with Gasteiger partial charge in [0.15, 0.2) is 0 Å². The molecule has 0 aromatic rings. The van der Waals surface area contributed by atoms with Crippen LogP contribution < -0.4 is 5.32 Å². The molecule has 3 saturated heterocycles. The van der Waals surface area contributed by atoms with Gasteiger partial charge >= 0.3 is 0 Å². The Balaban J connectivity index is 1.18. The van der Waals surface area contributed by atoms with Crippen LogP contribution in [0.4, 0.5) is 0 Å². The van der Waals surface area contributed by atoms with E-state index >= 15 is 0 Å². The molecule has 0 radical (unpaired) electrons. The summed E-state index contributed by atoms with van der Waals surface area (Å²) in [4.78, 5) is 0. The predicted octanol–water partition coefficient (Wildman–Crippen LogP) is 3.62. The zero-order valence-corrected chi connectivity index (χ0v) is 15.1. The van der Waals surface area contributed by atoms with E-state index in [4.69, 9.17) is 9.47 Å². The highest BCUT2D eigenvalue weighted by molar-refractivity contribution is 5.01. The Hall–Kier alpha value is -0.120. The van der Waals surface area contributed by atoms with Gasteiger partial charge in [0.1, 0.15) is 0 Å². The van der Waals surface area contributed by atoms with Gasteiger partial charge in [0.25, 0.3) is 0 Å². The molecular weight excluding hydrogens is 286 g/mol. The minimum absolute atomic E-state index is 0.228. The third kappa shape index (κ3) is 3.21. The lowest BCUT2D eigenvalue weighted by Gasteiger charge is -2.52. The highest BCUT2D eigenvalue weighted by atomic mass is 16.5. The molecule has 1 aliphatic carbocycles. The monoisotopic (exact) mass is 321 g/mol. The summed E-state index contributed by atoms with van der Waals surface area (Å²) in [5, 5.41) is 3.38. The van der Waals surface area contributed by atoms with Gasteiger partial charge in [-0.1, -0.05) is 26.7 Å². The third-order valence-electron chi connectivity index (χ3n) is 7.61. The molecule has 1 N–H and O–H groups in total. The Morgan fingerprint density at radius 3 is 2.35 bits per heavy atom. The van der Waals surface area contributed by atoms with Crippen LogP contribution in [0.3, 0.4) is 0 Å². The van der Waals surface area contributed by atoms with Crippen LogP contribution in [0.15, 0.2) is 0 Å². The van der Waals surface area contributed by atoms with Crippen molar-refractivity contribution in [2.75, 3.05) is 32.9 Å². The smallest absolute Gasteiger partial charge is 0.0933 e. The molecule has 3 aliphatic heterocycles. The predicted molar refractivity (Wildman–Crippen MR) is 92.4 cm³/mol. The van der Waals surface area contributed by atoms with Crippen LogP contribution in [0.25, 0.3) is 0 Å². The number of rotatable bonds is 5. The summed E-state index contributed by atoms with van der Waals surface area (Å²) < 4.78 is 11.8. The van der Waals surface area contributed by atoms with E-state index in [9.17, 15) is 0 Å². The maximum absolute atomic E-state index is 6.10. The van der Waals surface area contributed by atoms with Gasteiger partial charge in [0.2, 0.25) is 0 Å². The van der Waals surface area contributed by atoms with Gasteiger partial charge in [0.05, 0.1) is 18.8 Å². The fourth-order valence-corrected chi connectivity index (χ4v) is 5.58. The number of ether oxygens (including phenoxy) is 2. The van der Waals surface area contributed by atoms with E-state index in [1.165, 1.54) is 44.9 Å². The number of hydrogen-bond donors (Lipinski definition) is 1. The van der Waals surface area contributed by atoms with E-state index < -0.39 is 0 Å². The lowest BCUT2D eigenvalue weighted by atomic mass is 9.56. The largest absolute Gasteiger partial charge is 0.381 e. The molecule has 0 bridgehead atoms. The van der Waals surface area contributed by atoms with E-state index in [1.54, 1.807) is 0 Å². The van der Waals surface area contributed by atoms with Crippen molar-refractivity contribution in [2.24, 2.45) is 29.1 Å². The average Bonchev–Trinajstić information content (AvgIpc) is 2.96. The van der Waals surface area contributed by atoms with Gasteiger partial charge < -0.3 is 14.8 Å². The van der Waals surface area contributed by atoms with Crippen molar-refractivity contribution in [1.82, 2.24) is 5.32 Å². The third-order valence-corrected chi connectivity index (χ3v) is 7.61. The molecule has 23 heavy (non-hydrogen) atoms. The van der Waals surface area contributed by atoms with Crippen LogP contribution >= 0.6 is 0 Å². The fourth-order valence-electron chi connectivity index (χ4n) is 5.58. The normalized spacial score (nSPS) is 41.5. The number of hydrogen-bond acceptors (Lipinski definition) is 3. The van der Waals surface area contributed by atoms with Crippen molar-refractivity contribution in [2.45, 2.75) is 64.4 Å². The highest BCUT2D eigenvalue weighted by Crippen LogP contribution is 2.54. The molecule has 3 heteroatoms. The van der Waals surface area contributed by atoms with Crippen molar-refractivity contribution < 1.29 is 9.47 Å². The van der Waals surface area contributed by atoms with E-state index in [1.807, 2.05) is 0 Å². The zero-order valence-electron chi connectivity index (χ0n) is 15.1. The molecule has 1 saturated carbocycles. The van der Waals surface area contributed by atoms with Crippen LogP contribution in [-0.4, -0.2) is 38.5 Å². The van der Waals surface area contributed by atoms with Crippen LogP contribution in [-0.2, 0) is 9.47 Å². The Bertz CT molecular complexity index is 406. The first-order valence-corrected chi connectivity index (χ1v) is 10.0. The molecule has 0 aromatic carbocycles. The van der Waals surface area contributed by atoms with Crippen LogP contribution in [0.1, 0.15) is 58.8 Å². The zero-order chi connectivity index (χ0) is 15.9. The Morgan fingerprint density at radius 1 is 1.04 bits per heavy atom. The van der Waals surface area contributed by atoms with Crippen molar-refractivity contribution in [3.05, 3.63) is 0 Å². The molecule has 4 fully saturated rings. The second kappa shape index (κ2) is 6.31. The molecule has 3 unspecified atom stereocenters. The van der Waals surface area contributed by atoms with Gasteiger partial charge in [0, 0.05) is 19.7 Å². The lowest BCUT2D eigenvalue weighted by Crippen LogP contribution is -2.59. The first-order chi connectivity index (χ1) is 11.1. The molecule has 2 spiro atoms. The van der Waals surface area contributed by atoms with Crippen molar-refractivity contribution in [3.8, 4) is 0 Å². The van der Waals surface area contributed by atoms with Crippen molar-refractivity contribution in [3.63, 3.8) is 0 Å². The molecular formula is C20H35NO2. The SMILES string of the molecule is CC(CCC(C)C1COC2(CNC2)C1)C1CC2(CCCOC2)C1. The first kappa shape index (κ1) is 16.4. The summed E-state index contributed by atoms with van der Waals surface area (Å²) in [5.74, 6) is 3.48. The first-order valence-electron chi connectivity index (χ1n) is 10.0. The maximum atomic E-state index is 6.10. The molecule has 3 nitrogen and oxygen atoms in total. The van der Waals surface area contributed by atoms with Gasteiger partial charge in [-0.05, 0) is 61.2 Å². The summed E-state index contributed by atoms with van der Waals surface area (Å²) in [7, 11) is 0. The highest BCUT2D eigenvalue weighted by Gasteiger charge is 2.48. The molecule has 132 valence electrons. The fraction of sp³-hybridized carbons (Fsp3) is 1.00. The number of nitrogens with one attached hydrogen (secondary N) is 1. The molecule has 4 aliphatic rings. The van der Waals surface area contributed by atoms with E-state index in [0.717, 1.165) is 56.6 Å². The molecule has 0 amide bonds. The van der Waals surface area contributed by atoms with Gasteiger partial charge in [-0.2, -0.15) is 0 Å². The van der Waals surface area contributed by atoms with Crippen molar-refractivity contribution in [1.29, 1.82) is 0 Å². The summed E-state index contributed by atoms with van der Waals surface area (Å²) in [6.07, 6.45) is 9.66. The Labute approximate surface area is 141 Å². The van der Waals surface area contributed by atoms with E-state index in [2.05, 4.69) is 19.2 Å². The topological polar surface area (TPSA) is 30.5 Å². The molecule has 4 rings (SSSR count). The lowest BCUT2D eigenvalue weighted by molar-refractivity contribution is -0.0949. The van der Waals surface area contributed by atoms with Gasteiger partial charge in [-0.3, -0.25) is 0 Å².